The topological polar surface area (TPSA) is 53.4 Å². The van der Waals surface area contributed by atoms with Crippen LogP contribution in [0.3, 0.4) is 0 Å². The number of hydrogen-bond donors (Lipinski definition) is 2. The Kier molecular flexibility index (Phi) is 8.04. The molecule has 1 radical (unpaired) electrons. The number of pyridine rings is 1. The molecule has 2 atom stereocenters. The molecule has 3 aromatic rings. The van der Waals surface area contributed by atoms with Gasteiger partial charge in [-0.15, -0.1) is 35.9 Å². The summed E-state index contributed by atoms with van der Waals surface area (Å²) in [7, 11) is 0. The van der Waals surface area contributed by atoms with Gasteiger partial charge in [0.05, 0.1) is 12.2 Å². The number of fused-ring (bicyclic) bond motifs is 2. The average Bonchev–Trinajstić information content (AvgIpc) is 3.13. The van der Waals surface area contributed by atoms with Crippen molar-refractivity contribution >= 4 is 10.8 Å². The van der Waals surface area contributed by atoms with Crippen molar-refractivity contribution < 1.29 is 30.3 Å². The summed E-state index contributed by atoms with van der Waals surface area (Å²) in [5.41, 5.74) is 3.54. The molecule has 2 aliphatic carbocycles. The van der Waals surface area contributed by atoms with E-state index in [-0.39, 0.29) is 54.5 Å². The van der Waals surface area contributed by atoms with Gasteiger partial charge in [0.25, 0.3) is 0 Å². The Labute approximate surface area is 224 Å². The molecule has 0 amide bonds. The summed E-state index contributed by atoms with van der Waals surface area (Å²) < 4.78 is 0. The Balaban J connectivity index is 0.000000202. The van der Waals surface area contributed by atoms with Crippen molar-refractivity contribution in [2.45, 2.75) is 78.9 Å². The maximum atomic E-state index is 10.2. The van der Waals surface area contributed by atoms with E-state index in [9.17, 15) is 10.2 Å². The second-order valence-electron chi connectivity index (χ2n) is 12.7. The molecule has 2 unspecified atom stereocenters. The number of aliphatic hydroxyl groups excluding tert-OH is 2. The summed E-state index contributed by atoms with van der Waals surface area (Å²) in [5.74, 6) is 0.630. The van der Waals surface area contributed by atoms with E-state index in [2.05, 4.69) is 89.8 Å². The van der Waals surface area contributed by atoms with Crippen LogP contribution in [0.15, 0.2) is 54.7 Å². The predicted octanol–water partition coefficient (Wildman–Crippen LogP) is 6.80. The molecule has 5 rings (SSSR count). The first-order valence-electron chi connectivity index (χ1n) is 12.5. The Morgan fingerprint density at radius 1 is 0.914 bits per heavy atom. The normalized spacial score (nSPS) is 26.4. The van der Waals surface area contributed by atoms with Crippen LogP contribution in [0.5, 0.6) is 0 Å². The zero-order valence-corrected chi connectivity index (χ0v) is 24.5. The van der Waals surface area contributed by atoms with Crippen LogP contribution in [0.1, 0.15) is 66.9 Å². The molecule has 2 saturated carbocycles. The zero-order chi connectivity index (χ0) is 24.9. The van der Waals surface area contributed by atoms with Gasteiger partial charge >= 0.3 is 0 Å². The van der Waals surface area contributed by atoms with Gasteiger partial charge in [0.2, 0.25) is 0 Å². The molecular weight excluding hydrogens is 611 g/mol. The Bertz CT molecular complexity index is 1130. The van der Waals surface area contributed by atoms with Crippen LogP contribution in [0, 0.1) is 28.7 Å². The predicted molar refractivity (Wildman–Crippen MR) is 141 cm³/mol. The molecule has 35 heavy (non-hydrogen) atoms. The van der Waals surface area contributed by atoms with Crippen LogP contribution >= 0.6 is 0 Å². The molecule has 2 fully saturated rings. The summed E-state index contributed by atoms with van der Waals surface area (Å²) in [4.78, 5) is 4.54. The minimum absolute atomic E-state index is 0. The van der Waals surface area contributed by atoms with Crippen LogP contribution in [0.2, 0.25) is 0 Å². The maximum Gasteiger partial charge on any atom is 0.0646 e. The Morgan fingerprint density at radius 2 is 1.54 bits per heavy atom. The third kappa shape index (κ3) is 5.57. The fourth-order valence-electron chi connectivity index (χ4n) is 6.07. The maximum absolute atomic E-state index is 10.2. The van der Waals surface area contributed by atoms with E-state index in [0.29, 0.717) is 5.92 Å². The minimum Gasteiger partial charge on any atom is -0.392 e. The first-order chi connectivity index (χ1) is 15.8. The quantitative estimate of drug-likeness (QED) is 0.285. The molecule has 0 aliphatic heterocycles. The van der Waals surface area contributed by atoms with Crippen molar-refractivity contribution in [1.82, 2.24) is 4.98 Å². The molecule has 0 spiro atoms. The SMILES string of the molecule is CC(C)(C)c1ccc2c(-c3[c-]cccc3)nccc2c1.CC1(C)CC2CC(C)(C)C(O)C2C1O.[Ir]. The van der Waals surface area contributed by atoms with Gasteiger partial charge in [0.15, 0.2) is 0 Å². The van der Waals surface area contributed by atoms with Gasteiger partial charge in [-0.3, -0.25) is 0 Å². The third-order valence-corrected chi connectivity index (χ3v) is 8.05. The van der Waals surface area contributed by atoms with Crippen molar-refractivity contribution in [2.24, 2.45) is 22.7 Å². The summed E-state index contributed by atoms with van der Waals surface area (Å²) in [6.45, 7) is 15.1. The molecule has 191 valence electrons. The van der Waals surface area contributed by atoms with Crippen molar-refractivity contribution in [3.8, 4) is 11.3 Å². The van der Waals surface area contributed by atoms with Crippen LogP contribution in [0.25, 0.3) is 22.0 Å². The van der Waals surface area contributed by atoms with Crippen LogP contribution < -0.4 is 0 Å². The summed E-state index contributed by atoms with van der Waals surface area (Å²) in [6.07, 6.45) is 3.33. The average molecular weight is 651 g/mol. The van der Waals surface area contributed by atoms with Gasteiger partial charge in [-0.2, -0.15) is 0 Å². The fraction of sp³-hybridized carbons (Fsp3) is 0.516. The standard InChI is InChI=1S/C19H18N.C12H22O2.Ir/c1-19(2,3)16-9-10-17-15(13-16)11-12-20-18(17)14-7-5-4-6-8-14;1-11(2)5-7-6-12(3,4)10(14)8(7)9(11)13;/h4-7,9-13H,1-3H3;7-10,13-14H,5-6H2,1-4H3;/q-1;;. The van der Waals surface area contributed by atoms with Gasteiger partial charge in [-0.05, 0) is 63.1 Å². The summed E-state index contributed by atoms with van der Waals surface area (Å²) in [5, 5.41) is 22.8. The van der Waals surface area contributed by atoms with Crippen molar-refractivity contribution in [1.29, 1.82) is 0 Å². The number of nitrogens with zero attached hydrogens (tertiary/aromatic N) is 1. The van der Waals surface area contributed by atoms with Crippen LogP contribution in [-0.4, -0.2) is 27.4 Å². The molecule has 4 heteroatoms. The number of rotatable bonds is 1. The number of aliphatic hydroxyl groups is 2. The van der Waals surface area contributed by atoms with E-state index in [4.69, 9.17) is 0 Å². The fourth-order valence-corrected chi connectivity index (χ4v) is 6.07. The van der Waals surface area contributed by atoms with Crippen LogP contribution in [0.4, 0.5) is 0 Å². The van der Waals surface area contributed by atoms with Gasteiger partial charge in [-0.1, -0.05) is 66.7 Å². The van der Waals surface area contributed by atoms with Crippen molar-refractivity contribution in [3.63, 3.8) is 0 Å². The van der Waals surface area contributed by atoms with Crippen molar-refractivity contribution in [3.05, 3.63) is 66.4 Å². The number of aromatic nitrogens is 1. The van der Waals surface area contributed by atoms with E-state index in [1.807, 2.05) is 24.4 Å². The van der Waals surface area contributed by atoms with Gasteiger partial charge in [0.1, 0.15) is 0 Å². The summed E-state index contributed by atoms with van der Waals surface area (Å²) >= 11 is 0. The Hall–Kier alpha value is -1.58. The van der Waals surface area contributed by atoms with E-state index in [1.165, 1.54) is 16.3 Å². The van der Waals surface area contributed by atoms with E-state index in [1.54, 1.807) is 0 Å². The Morgan fingerprint density at radius 3 is 2.06 bits per heavy atom. The second-order valence-corrected chi connectivity index (χ2v) is 12.7. The van der Waals surface area contributed by atoms with Crippen LogP contribution in [-0.2, 0) is 25.5 Å². The second kappa shape index (κ2) is 10.1. The van der Waals surface area contributed by atoms with E-state index in [0.717, 1.165) is 24.1 Å². The summed E-state index contributed by atoms with van der Waals surface area (Å²) in [6, 6.07) is 20.0. The van der Waals surface area contributed by atoms with Gasteiger partial charge < -0.3 is 15.2 Å². The molecule has 2 N–H and O–H groups in total. The van der Waals surface area contributed by atoms with E-state index < -0.39 is 0 Å². The largest absolute Gasteiger partial charge is 0.392 e. The van der Waals surface area contributed by atoms with Crippen molar-refractivity contribution in [2.75, 3.05) is 0 Å². The van der Waals surface area contributed by atoms with E-state index >= 15 is 0 Å². The van der Waals surface area contributed by atoms with Gasteiger partial charge in [0, 0.05) is 32.2 Å². The first-order valence-corrected chi connectivity index (χ1v) is 12.5. The zero-order valence-electron chi connectivity index (χ0n) is 22.1. The van der Waals surface area contributed by atoms with Gasteiger partial charge in [-0.25, -0.2) is 0 Å². The molecule has 0 saturated heterocycles. The molecule has 1 heterocycles. The molecule has 0 bridgehead atoms. The molecular formula is C31H40IrNO2-. The smallest absolute Gasteiger partial charge is 0.0646 e. The molecule has 1 aromatic heterocycles. The minimum atomic E-state index is -0.329. The monoisotopic (exact) mass is 651 g/mol. The molecule has 3 nitrogen and oxygen atoms in total. The number of hydrogen-bond acceptors (Lipinski definition) is 3. The molecule has 2 aromatic carbocycles. The molecule has 2 aliphatic rings. The third-order valence-electron chi connectivity index (χ3n) is 8.05. The number of benzene rings is 2. The first kappa shape index (κ1) is 28.0.